The highest BCUT2D eigenvalue weighted by molar-refractivity contribution is 7.99. The van der Waals surface area contributed by atoms with E-state index in [1.165, 1.54) is 17.8 Å². The van der Waals surface area contributed by atoms with Crippen molar-refractivity contribution in [1.82, 2.24) is 19.6 Å². The summed E-state index contributed by atoms with van der Waals surface area (Å²) in [7, 11) is 0. The standard InChI is InChI=1S/C18H15N5O2S/c1-11-9-15(24)20-17-21-22-18(23(11)17)26-10-16(25)19-14-8-4-6-12-5-2-3-7-13(12)14/h2-9H,10H2,1H3,(H,19,25)(H,20,21,24). The van der Waals surface area contributed by atoms with Crippen molar-refractivity contribution in [2.24, 2.45) is 0 Å². The van der Waals surface area contributed by atoms with Gasteiger partial charge >= 0.3 is 0 Å². The van der Waals surface area contributed by atoms with Gasteiger partial charge in [-0.2, -0.15) is 0 Å². The molecule has 2 aromatic heterocycles. The van der Waals surface area contributed by atoms with Crippen LogP contribution in [0.25, 0.3) is 16.6 Å². The second-order valence-corrected chi connectivity index (χ2v) is 6.72. The minimum absolute atomic E-state index is 0.134. The van der Waals surface area contributed by atoms with Gasteiger partial charge in [-0.3, -0.25) is 19.0 Å². The molecule has 2 aromatic carbocycles. The number of nitrogens with one attached hydrogen (secondary N) is 2. The Labute approximate surface area is 152 Å². The van der Waals surface area contributed by atoms with Crippen LogP contribution in [0.4, 0.5) is 5.69 Å². The zero-order chi connectivity index (χ0) is 18.1. The Morgan fingerprint density at radius 3 is 2.88 bits per heavy atom. The molecule has 7 nitrogen and oxygen atoms in total. The quantitative estimate of drug-likeness (QED) is 0.543. The number of H-pyrrole nitrogens is 1. The fraction of sp³-hybridized carbons (Fsp3) is 0.111. The number of carbonyl (C=O) groups is 1. The third kappa shape index (κ3) is 3.06. The molecule has 0 saturated heterocycles. The number of nitrogens with zero attached hydrogens (tertiary/aromatic N) is 3. The Hall–Kier alpha value is -3.13. The summed E-state index contributed by atoms with van der Waals surface area (Å²) in [6.07, 6.45) is 0. The summed E-state index contributed by atoms with van der Waals surface area (Å²) < 4.78 is 1.72. The van der Waals surface area contributed by atoms with Crippen LogP contribution < -0.4 is 10.9 Å². The van der Waals surface area contributed by atoms with E-state index in [4.69, 9.17) is 0 Å². The molecule has 130 valence electrons. The predicted octanol–water partition coefficient (Wildman–Crippen LogP) is 2.61. The van der Waals surface area contributed by atoms with Gasteiger partial charge in [0.25, 0.3) is 5.56 Å². The third-order valence-corrected chi connectivity index (χ3v) is 4.89. The number of rotatable bonds is 4. The van der Waals surface area contributed by atoms with Gasteiger partial charge in [0.15, 0.2) is 5.16 Å². The van der Waals surface area contributed by atoms with Crippen molar-refractivity contribution in [2.75, 3.05) is 11.1 Å². The van der Waals surface area contributed by atoms with Crippen molar-refractivity contribution in [2.45, 2.75) is 12.1 Å². The molecule has 0 aliphatic carbocycles. The smallest absolute Gasteiger partial charge is 0.252 e. The monoisotopic (exact) mass is 365 g/mol. The normalized spacial score (nSPS) is 11.1. The van der Waals surface area contributed by atoms with Crippen molar-refractivity contribution in [1.29, 1.82) is 0 Å². The van der Waals surface area contributed by atoms with Gasteiger partial charge in [0.1, 0.15) is 0 Å². The van der Waals surface area contributed by atoms with Gasteiger partial charge < -0.3 is 5.32 Å². The number of benzene rings is 2. The number of aryl methyl sites for hydroxylation is 1. The highest BCUT2D eigenvalue weighted by Crippen LogP contribution is 2.24. The topological polar surface area (TPSA) is 92.2 Å². The molecule has 0 saturated carbocycles. The predicted molar refractivity (Wildman–Crippen MR) is 102 cm³/mol. The maximum absolute atomic E-state index is 12.4. The zero-order valence-electron chi connectivity index (χ0n) is 13.9. The summed E-state index contributed by atoms with van der Waals surface area (Å²) in [6.45, 7) is 1.80. The van der Waals surface area contributed by atoms with E-state index in [0.717, 1.165) is 16.5 Å². The maximum Gasteiger partial charge on any atom is 0.252 e. The van der Waals surface area contributed by atoms with Gasteiger partial charge in [0, 0.05) is 22.8 Å². The Morgan fingerprint density at radius 1 is 1.19 bits per heavy atom. The van der Waals surface area contributed by atoms with Gasteiger partial charge in [-0.15, -0.1) is 10.2 Å². The van der Waals surface area contributed by atoms with Gasteiger partial charge in [-0.05, 0) is 18.4 Å². The maximum atomic E-state index is 12.4. The van der Waals surface area contributed by atoms with Crippen LogP contribution in [0.1, 0.15) is 5.69 Å². The molecule has 26 heavy (non-hydrogen) atoms. The summed E-state index contributed by atoms with van der Waals surface area (Å²) >= 11 is 1.26. The van der Waals surface area contributed by atoms with Crippen molar-refractivity contribution in [3.63, 3.8) is 0 Å². The average molecular weight is 365 g/mol. The number of anilines is 1. The van der Waals surface area contributed by atoms with Crippen LogP contribution >= 0.6 is 11.8 Å². The average Bonchev–Trinajstić information content (AvgIpc) is 3.03. The van der Waals surface area contributed by atoms with Crippen molar-refractivity contribution >= 4 is 39.9 Å². The highest BCUT2D eigenvalue weighted by atomic mass is 32.2. The molecule has 0 unspecified atom stereocenters. The molecule has 4 rings (SSSR count). The second-order valence-electron chi connectivity index (χ2n) is 5.78. The Morgan fingerprint density at radius 2 is 2.00 bits per heavy atom. The highest BCUT2D eigenvalue weighted by Gasteiger charge is 2.12. The first kappa shape index (κ1) is 16.3. The first-order valence-electron chi connectivity index (χ1n) is 7.97. The SMILES string of the molecule is Cc1cc(=O)[nH]c2nnc(SCC(=O)Nc3cccc4ccccc34)n12. The number of hydrogen-bond acceptors (Lipinski definition) is 5. The van der Waals surface area contributed by atoms with Crippen molar-refractivity contribution in [3.8, 4) is 0 Å². The molecule has 0 spiro atoms. The molecular weight excluding hydrogens is 350 g/mol. The Balaban J connectivity index is 1.52. The molecule has 2 N–H and O–H groups in total. The summed E-state index contributed by atoms with van der Waals surface area (Å²) in [4.78, 5) is 26.5. The van der Waals surface area contributed by atoms with Gasteiger partial charge in [-0.1, -0.05) is 48.2 Å². The van der Waals surface area contributed by atoms with Crippen LogP contribution in [0.3, 0.4) is 0 Å². The van der Waals surface area contributed by atoms with Crippen molar-refractivity contribution in [3.05, 3.63) is 64.6 Å². The molecule has 0 atom stereocenters. The molecule has 0 aliphatic heterocycles. The van der Waals surface area contributed by atoms with E-state index in [2.05, 4.69) is 20.5 Å². The summed E-state index contributed by atoms with van der Waals surface area (Å²) in [5, 5.41) is 13.6. The van der Waals surface area contributed by atoms with Crippen LogP contribution in [0.15, 0.2) is 58.5 Å². The van der Waals surface area contributed by atoms with Crippen LogP contribution in [-0.4, -0.2) is 31.2 Å². The molecular formula is C18H15N5O2S. The molecule has 0 fully saturated rings. The number of fused-ring (bicyclic) bond motifs is 2. The lowest BCUT2D eigenvalue weighted by Crippen LogP contribution is -2.15. The second kappa shape index (κ2) is 6.64. The fourth-order valence-electron chi connectivity index (χ4n) is 2.81. The first-order chi connectivity index (χ1) is 12.6. The molecule has 1 amide bonds. The van der Waals surface area contributed by atoms with Gasteiger partial charge in [-0.25, -0.2) is 0 Å². The van der Waals surface area contributed by atoms with E-state index in [9.17, 15) is 9.59 Å². The van der Waals surface area contributed by atoms with E-state index < -0.39 is 0 Å². The zero-order valence-corrected chi connectivity index (χ0v) is 14.7. The number of hydrogen-bond donors (Lipinski definition) is 2. The number of thioether (sulfide) groups is 1. The molecule has 0 aliphatic rings. The van der Waals surface area contributed by atoms with E-state index in [1.807, 2.05) is 42.5 Å². The third-order valence-electron chi connectivity index (χ3n) is 3.96. The van der Waals surface area contributed by atoms with Crippen LogP contribution in [-0.2, 0) is 4.79 Å². The summed E-state index contributed by atoms with van der Waals surface area (Å²) in [5.74, 6) is 0.417. The molecule has 8 heteroatoms. The van der Waals surface area contributed by atoms with E-state index in [0.29, 0.717) is 16.6 Å². The minimum Gasteiger partial charge on any atom is -0.325 e. The molecule has 0 radical (unpaired) electrons. The lowest BCUT2D eigenvalue weighted by atomic mass is 10.1. The van der Waals surface area contributed by atoms with E-state index in [-0.39, 0.29) is 17.2 Å². The summed E-state index contributed by atoms with van der Waals surface area (Å²) in [6, 6.07) is 15.2. The number of aromatic amines is 1. The lowest BCUT2D eigenvalue weighted by Gasteiger charge is -2.08. The van der Waals surface area contributed by atoms with Crippen LogP contribution in [0.5, 0.6) is 0 Å². The van der Waals surface area contributed by atoms with Gasteiger partial charge in [0.05, 0.1) is 5.75 Å². The largest absolute Gasteiger partial charge is 0.325 e. The number of amides is 1. The van der Waals surface area contributed by atoms with E-state index >= 15 is 0 Å². The molecule has 2 heterocycles. The summed E-state index contributed by atoms with van der Waals surface area (Å²) in [5.41, 5.74) is 1.26. The Bertz CT molecular complexity index is 1180. The Kier molecular flexibility index (Phi) is 4.18. The molecule has 4 aromatic rings. The fourth-order valence-corrected chi connectivity index (χ4v) is 3.60. The number of aromatic nitrogens is 4. The van der Waals surface area contributed by atoms with Crippen LogP contribution in [0.2, 0.25) is 0 Å². The van der Waals surface area contributed by atoms with Crippen molar-refractivity contribution < 1.29 is 4.79 Å². The molecule has 0 bridgehead atoms. The van der Waals surface area contributed by atoms with Crippen LogP contribution in [0, 0.1) is 6.92 Å². The lowest BCUT2D eigenvalue weighted by molar-refractivity contribution is -0.113. The van der Waals surface area contributed by atoms with Gasteiger partial charge in [0.2, 0.25) is 11.7 Å². The number of carbonyl (C=O) groups excluding carboxylic acids is 1. The van der Waals surface area contributed by atoms with E-state index in [1.54, 1.807) is 11.3 Å². The minimum atomic E-state index is -0.229. The first-order valence-corrected chi connectivity index (χ1v) is 8.96.